The third-order valence-corrected chi connectivity index (χ3v) is 2.90. The predicted octanol–water partition coefficient (Wildman–Crippen LogP) is 1.79. The molecule has 1 rings (SSSR count). The standard InChI is InChI=1S/C14H23N3O/c1-10(2)16-14(18)9-17(4)11(3)12-6-5-7-13(15)8-12/h5-8,10-11H,9,15H2,1-4H3,(H,16,18). The molecule has 1 atom stereocenters. The number of amides is 1. The number of hydrogen-bond donors (Lipinski definition) is 2. The maximum Gasteiger partial charge on any atom is 0.234 e. The van der Waals surface area contributed by atoms with Crippen LogP contribution < -0.4 is 11.1 Å². The summed E-state index contributed by atoms with van der Waals surface area (Å²) in [6.07, 6.45) is 0. The molecule has 0 aromatic heterocycles. The molecular weight excluding hydrogens is 226 g/mol. The summed E-state index contributed by atoms with van der Waals surface area (Å²) in [5.41, 5.74) is 7.64. The Morgan fingerprint density at radius 1 is 1.39 bits per heavy atom. The summed E-state index contributed by atoms with van der Waals surface area (Å²) in [6.45, 7) is 6.37. The first-order valence-electron chi connectivity index (χ1n) is 6.25. The first-order chi connectivity index (χ1) is 8.40. The van der Waals surface area contributed by atoms with Crippen LogP contribution in [0.25, 0.3) is 0 Å². The smallest absolute Gasteiger partial charge is 0.234 e. The van der Waals surface area contributed by atoms with Crippen LogP contribution in [0.5, 0.6) is 0 Å². The number of anilines is 1. The lowest BCUT2D eigenvalue weighted by molar-refractivity contribution is -0.122. The molecule has 3 N–H and O–H groups in total. The number of hydrogen-bond acceptors (Lipinski definition) is 3. The largest absolute Gasteiger partial charge is 0.399 e. The number of likely N-dealkylation sites (N-methyl/N-ethyl adjacent to an activating group) is 1. The Morgan fingerprint density at radius 2 is 2.06 bits per heavy atom. The molecule has 1 unspecified atom stereocenters. The van der Waals surface area contributed by atoms with Gasteiger partial charge < -0.3 is 11.1 Å². The highest BCUT2D eigenvalue weighted by Crippen LogP contribution is 2.20. The van der Waals surface area contributed by atoms with Crippen LogP contribution >= 0.6 is 0 Å². The normalized spacial score (nSPS) is 12.8. The Morgan fingerprint density at radius 3 is 2.61 bits per heavy atom. The first-order valence-corrected chi connectivity index (χ1v) is 6.25. The fourth-order valence-corrected chi connectivity index (χ4v) is 1.80. The van der Waals surface area contributed by atoms with Gasteiger partial charge in [0.1, 0.15) is 0 Å². The second kappa shape index (κ2) is 6.40. The summed E-state index contributed by atoms with van der Waals surface area (Å²) >= 11 is 0. The third kappa shape index (κ3) is 4.37. The quantitative estimate of drug-likeness (QED) is 0.782. The lowest BCUT2D eigenvalue weighted by Crippen LogP contribution is -2.39. The summed E-state index contributed by atoms with van der Waals surface area (Å²) in [4.78, 5) is 13.7. The van der Waals surface area contributed by atoms with Gasteiger partial charge in [0.05, 0.1) is 6.54 Å². The van der Waals surface area contributed by atoms with E-state index in [-0.39, 0.29) is 18.0 Å². The van der Waals surface area contributed by atoms with Crippen LogP contribution in [0.2, 0.25) is 0 Å². The van der Waals surface area contributed by atoms with Crippen molar-refractivity contribution < 1.29 is 4.79 Å². The lowest BCUT2D eigenvalue weighted by Gasteiger charge is -2.25. The average Bonchev–Trinajstić information content (AvgIpc) is 2.26. The van der Waals surface area contributed by atoms with Crippen LogP contribution in [-0.4, -0.2) is 30.4 Å². The van der Waals surface area contributed by atoms with Gasteiger partial charge in [-0.3, -0.25) is 9.69 Å². The molecule has 0 aliphatic carbocycles. The van der Waals surface area contributed by atoms with Crippen LogP contribution in [0.1, 0.15) is 32.4 Å². The van der Waals surface area contributed by atoms with Gasteiger partial charge in [-0.15, -0.1) is 0 Å². The molecule has 0 fully saturated rings. The van der Waals surface area contributed by atoms with E-state index in [9.17, 15) is 4.79 Å². The van der Waals surface area contributed by atoms with E-state index in [1.807, 2.05) is 50.1 Å². The molecule has 18 heavy (non-hydrogen) atoms. The van der Waals surface area contributed by atoms with Crippen molar-refractivity contribution in [2.24, 2.45) is 0 Å². The van der Waals surface area contributed by atoms with Crippen LogP contribution in [0.4, 0.5) is 5.69 Å². The molecule has 1 aromatic carbocycles. The van der Waals surface area contributed by atoms with Crippen molar-refractivity contribution in [1.29, 1.82) is 0 Å². The zero-order chi connectivity index (χ0) is 13.7. The molecule has 1 amide bonds. The molecule has 0 saturated carbocycles. The van der Waals surface area contributed by atoms with E-state index in [0.717, 1.165) is 11.3 Å². The minimum Gasteiger partial charge on any atom is -0.399 e. The van der Waals surface area contributed by atoms with Gasteiger partial charge in [-0.05, 0) is 45.5 Å². The fraction of sp³-hybridized carbons (Fsp3) is 0.500. The summed E-state index contributed by atoms with van der Waals surface area (Å²) in [5, 5.41) is 2.89. The highest BCUT2D eigenvalue weighted by Gasteiger charge is 2.15. The van der Waals surface area contributed by atoms with Crippen molar-refractivity contribution in [3.8, 4) is 0 Å². The van der Waals surface area contributed by atoms with Gasteiger partial charge in [0.25, 0.3) is 0 Å². The molecule has 0 radical (unpaired) electrons. The lowest BCUT2D eigenvalue weighted by atomic mass is 10.1. The van der Waals surface area contributed by atoms with E-state index in [1.54, 1.807) is 0 Å². The summed E-state index contributed by atoms with van der Waals surface area (Å²) in [6, 6.07) is 8.10. The van der Waals surface area contributed by atoms with E-state index >= 15 is 0 Å². The Labute approximate surface area is 109 Å². The maximum absolute atomic E-state index is 11.7. The van der Waals surface area contributed by atoms with Gasteiger partial charge in [-0.2, -0.15) is 0 Å². The second-order valence-electron chi connectivity index (χ2n) is 4.98. The van der Waals surface area contributed by atoms with Crippen LogP contribution in [-0.2, 0) is 4.79 Å². The van der Waals surface area contributed by atoms with Crippen LogP contribution in [0.15, 0.2) is 24.3 Å². The van der Waals surface area contributed by atoms with Crippen molar-refractivity contribution in [3.63, 3.8) is 0 Å². The van der Waals surface area contributed by atoms with E-state index in [4.69, 9.17) is 5.73 Å². The zero-order valence-electron chi connectivity index (χ0n) is 11.6. The Balaban J connectivity index is 2.61. The number of nitrogens with one attached hydrogen (secondary N) is 1. The summed E-state index contributed by atoms with van der Waals surface area (Å²) in [7, 11) is 1.94. The Hall–Kier alpha value is -1.55. The highest BCUT2D eigenvalue weighted by atomic mass is 16.2. The van der Waals surface area contributed by atoms with E-state index in [2.05, 4.69) is 12.2 Å². The minimum atomic E-state index is 0.0447. The molecule has 0 spiro atoms. The number of benzene rings is 1. The van der Waals surface area contributed by atoms with Crippen molar-refractivity contribution in [2.45, 2.75) is 32.9 Å². The first kappa shape index (κ1) is 14.5. The van der Waals surface area contributed by atoms with E-state index in [1.165, 1.54) is 0 Å². The zero-order valence-corrected chi connectivity index (χ0v) is 11.6. The van der Waals surface area contributed by atoms with Crippen molar-refractivity contribution in [3.05, 3.63) is 29.8 Å². The molecule has 0 saturated heterocycles. The van der Waals surface area contributed by atoms with E-state index in [0.29, 0.717) is 6.54 Å². The number of nitrogens with zero attached hydrogens (tertiary/aromatic N) is 1. The maximum atomic E-state index is 11.7. The fourth-order valence-electron chi connectivity index (χ4n) is 1.80. The van der Waals surface area contributed by atoms with Crippen molar-refractivity contribution in [2.75, 3.05) is 19.3 Å². The molecule has 4 heteroatoms. The molecule has 100 valence electrons. The summed E-state index contributed by atoms with van der Waals surface area (Å²) < 4.78 is 0. The Bertz CT molecular complexity index is 404. The van der Waals surface area contributed by atoms with E-state index < -0.39 is 0 Å². The van der Waals surface area contributed by atoms with Gasteiger partial charge >= 0.3 is 0 Å². The van der Waals surface area contributed by atoms with Crippen LogP contribution in [0.3, 0.4) is 0 Å². The van der Waals surface area contributed by atoms with Crippen molar-refractivity contribution in [1.82, 2.24) is 10.2 Å². The molecule has 1 aromatic rings. The van der Waals surface area contributed by atoms with Crippen molar-refractivity contribution >= 4 is 11.6 Å². The Kier molecular flexibility index (Phi) is 5.16. The SMILES string of the molecule is CC(C)NC(=O)CN(C)C(C)c1cccc(N)c1. The summed E-state index contributed by atoms with van der Waals surface area (Å²) in [5.74, 6) is 0.0447. The van der Waals surface area contributed by atoms with Gasteiger partial charge in [0.2, 0.25) is 5.91 Å². The molecule has 0 bridgehead atoms. The van der Waals surface area contributed by atoms with Gasteiger partial charge in [0, 0.05) is 17.8 Å². The second-order valence-corrected chi connectivity index (χ2v) is 4.98. The number of carbonyl (C=O) groups is 1. The van der Waals surface area contributed by atoms with Gasteiger partial charge in [0.15, 0.2) is 0 Å². The topological polar surface area (TPSA) is 58.4 Å². The minimum absolute atomic E-state index is 0.0447. The average molecular weight is 249 g/mol. The number of nitrogens with two attached hydrogens (primary N) is 1. The monoisotopic (exact) mass is 249 g/mol. The molecule has 0 aliphatic rings. The number of rotatable bonds is 5. The van der Waals surface area contributed by atoms with Crippen LogP contribution in [0, 0.1) is 0 Å². The third-order valence-electron chi connectivity index (χ3n) is 2.90. The molecule has 4 nitrogen and oxygen atoms in total. The molecule has 0 heterocycles. The molecule has 0 aliphatic heterocycles. The van der Waals surface area contributed by atoms with Gasteiger partial charge in [-0.1, -0.05) is 12.1 Å². The number of carbonyl (C=O) groups excluding carboxylic acids is 1. The van der Waals surface area contributed by atoms with Gasteiger partial charge in [-0.25, -0.2) is 0 Å². The highest BCUT2D eigenvalue weighted by molar-refractivity contribution is 5.78. The predicted molar refractivity (Wildman–Crippen MR) is 75.2 cm³/mol. The molecular formula is C14H23N3O. The number of nitrogen functional groups attached to an aromatic ring is 1.